The molecule has 8 nitrogen and oxygen atoms in total. The van der Waals surface area contributed by atoms with Crippen LogP contribution in [0.4, 0.5) is 4.39 Å². The third-order valence-corrected chi connectivity index (χ3v) is 5.88. The lowest BCUT2D eigenvalue weighted by atomic mass is 10.1. The first-order valence-electron chi connectivity index (χ1n) is 10.5. The van der Waals surface area contributed by atoms with Gasteiger partial charge in [-0.2, -0.15) is 9.61 Å². The Labute approximate surface area is 186 Å². The van der Waals surface area contributed by atoms with Crippen molar-refractivity contribution in [2.75, 3.05) is 0 Å². The molecule has 6 rings (SSSR count). The molecule has 0 aliphatic heterocycles. The van der Waals surface area contributed by atoms with Crippen LogP contribution >= 0.6 is 0 Å². The molecule has 33 heavy (non-hydrogen) atoms. The molecule has 4 aromatic heterocycles. The van der Waals surface area contributed by atoms with Crippen molar-refractivity contribution in [2.45, 2.75) is 19.9 Å². The minimum absolute atomic E-state index is 0.147. The highest BCUT2D eigenvalue weighted by molar-refractivity contribution is 5.84. The summed E-state index contributed by atoms with van der Waals surface area (Å²) in [6.45, 7) is 2.52. The largest absolute Gasteiger partial charge is 0.361 e. The Morgan fingerprint density at radius 2 is 1.91 bits per heavy atom. The highest BCUT2D eigenvalue weighted by Gasteiger charge is 2.15. The van der Waals surface area contributed by atoms with Crippen molar-refractivity contribution < 1.29 is 4.39 Å². The average molecular weight is 439 g/mol. The number of nitrogens with zero attached hydrogens (tertiary/aromatic N) is 6. The maximum Gasteiger partial charge on any atom is 0.283 e. The Balaban J connectivity index is 1.37. The van der Waals surface area contributed by atoms with Gasteiger partial charge in [-0.3, -0.25) is 9.36 Å². The van der Waals surface area contributed by atoms with Crippen LogP contribution in [-0.4, -0.2) is 34.3 Å². The highest BCUT2D eigenvalue weighted by Crippen LogP contribution is 2.24. The number of aromatic amines is 1. The fraction of sp³-hybridized carbons (Fsp3) is 0.125. The van der Waals surface area contributed by atoms with E-state index in [1.54, 1.807) is 22.9 Å². The molecule has 1 N–H and O–H groups in total. The molecular formula is C24H18FN7O. The number of rotatable bonds is 4. The SMILES string of the molecule is Cc1ccc2[nH]cc(CCn3cnc4c(nnc5c(-c6ccc(F)cc6)cnn54)c3=O)c2c1. The molecule has 0 aliphatic carbocycles. The van der Waals surface area contributed by atoms with Gasteiger partial charge in [-0.25, -0.2) is 9.37 Å². The number of benzene rings is 2. The molecule has 0 atom stereocenters. The van der Waals surface area contributed by atoms with E-state index in [1.165, 1.54) is 28.5 Å². The summed E-state index contributed by atoms with van der Waals surface area (Å²) in [6, 6.07) is 12.3. The quantitative estimate of drug-likeness (QED) is 0.452. The predicted octanol–water partition coefficient (Wildman–Crippen LogP) is 3.67. The normalized spacial score (nSPS) is 11.7. The van der Waals surface area contributed by atoms with Crippen LogP contribution in [0.1, 0.15) is 11.1 Å². The van der Waals surface area contributed by atoms with Crippen molar-refractivity contribution in [3.63, 3.8) is 0 Å². The van der Waals surface area contributed by atoms with Crippen molar-refractivity contribution in [3.05, 3.63) is 88.5 Å². The molecule has 6 aromatic rings. The second kappa shape index (κ2) is 7.33. The smallest absolute Gasteiger partial charge is 0.283 e. The zero-order chi connectivity index (χ0) is 22.5. The van der Waals surface area contributed by atoms with Crippen LogP contribution in [-0.2, 0) is 13.0 Å². The summed E-state index contributed by atoms with van der Waals surface area (Å²) in [5.74, 6) is -0.322. The second-order valence-electron chi connectivity index (χ2n) is 8.03. The van der Waals surface area contributed by atoms with Gasteiger partial charge >= 0.3 is 0 Å². The summed E-state index contributed by atoms with van der Waals surface area (Å²) >= 11 is 0. The molecule has 0 spiro atoms. The zero-order valence-electron chi connectivity index (χ0n) is 17.7. The third-order valence-electron chi connectivity index (χ3n) is 5.88. The van der Waals surface area contributed by atoms with E-state index in [0.717, 1.165) is 22.0 Å². The van der Waals surface area contributed by atoms with Crippen LogP contribution in [0.2, 0.25) is 0 Å². The van der Waals surface area contributed by atoms with Gasteiger partial charge in [0.05, 0.1) is 6.20 Å². The third kappa shape index (κ3) is 3.16. The van der Waals surface area contributed by atoms with E-state index in [4.69, 9.17) is 0 Å². The van der Waals surface area contributed by atoms with Crippen LogP contribution in [0, 0.1) is 12.7 Å². The summed E-state index contributed by atoms with van der Waals surface area (Å²) < 4.78 is 16.3. The molecule has 9 heteroatoms. The van der Waals surface area contributed by atoms with Crippen molar-refractivity contribution in [2.24, 2.45) is 0 Å². The fourth-order valence-electron chi connectivity index (χ4n) is 4.14. The van der Waals surface area contributed by atoms with Crippen molar-refractivity contribution >= 4 is 27.7 Å². The molecular weight excluding hydrogens is 421 g/mol. The predicted molar refractivity (Wildman–Crippen MR) is 122 cm³/mol. The van der Waals surface area contributed by atoms with Gasteiger partial charge in [-0.05, 0) is 48.7 Å². The van der Waals surface area contributed by atoms with E-state index in [1.807, 2.05) is 6.20 Å². The van der Waals surface area contributed by atoms with Gasteiger partial charge in [0.15, 0.2) is 16.8 Å². The Morgan fingerprint density at radius 3 is 2.76 bits per heavy atom. The summed E-state index contributed by atoms with van der Waals surface area (Å²) in [6.07, 6.45) is 5.78. The van der Waals surface area contributed by atoms with Crippen molar-refractivity contribution in [1.29, 1.82) is 0 Å². The Morgan fingerprint density at radius 1 is 1.06 bits per heavy atom. The molecule has 0 unspecified atom stereocenters. The monoisotopic (exact) mass is 439 g/mol. The number of fused-ring (bicyclic) bond motifs is 4. The molecule has 2 aromatic carbocycles. The van der Waals surface area contributed by atoms with Gasteiger partial charge in [-0.15, -0.1) is 10.2 Å². The van der Waals surface area contributed by atoms with Gasteiger partial charge in [0.2, 0.25) is 0 Å². The average Bonchev–Trinajstić information content (AvgIpc) is 3.43. The summed E-state index contributed by atoms with van der Waals surface area (Å²) in [7, 11) is 0. The molecule has 0 aliphatic rings. The first-order chi connectivity index (χ1) is 16.1. The molecule has 0 amide bonds. The maximum absolute atomic E-state index is 13.3. The van der Waals surface area contributed by atoms with E-state index in [0.29, 0.717) is 29.8 Å². The molecule has 0 radical (unpaired) electrons. The molecule has 0 saturated heterocycles. The van der Waals surface area contributed by atoms with Gasteiger partial charge in [0.1, 0.15) is 12.1 Å². The Bertz CT molecular complexity index is 1710. The topological polar surface area (TPSA) is 93.8 Å². The van der Waals surface area contributed by atoms with Gasteiger partial charge in [0.25, 0.3) is 5.56 Å². The lowest BCUT2D eigenvalue weighted by molar-refractivity contribution is 0.628. The van der Waals surface area contributed by atoms with Crippen LogP contribution < -0.4 is 5.56 Å². The number of aromatic nitrogens is 7. The van der Waals surface area contributed by atoms with Crippen LogP contribution in [0.5, 0.6) is 0 Å². The van der Waals surface area contributed by atoms with E-state index >= 15 is 0 Å². The molecule has 0 bridgehead atoms. The van der Waals surface area contributed by atoms with E-state index < -0.39 is 0 Å². The highest BCUT2D eigenvalue weighted by atomic mass is 19.1. The number of halogens is 1. The summed E-state index contributed by atoms with van der Waals surface area (Å²) in [4.78, 5) is 20.8. The fourth-order valence-corrected chi connectivity index (χ4v) is 4.14. The minimum Gasteiger partial charge on any atom is -0.361 e. The van der Waals surface area contributed by atoms with Crippen molar-refractivity contribution in [1.82, 2.24) is 34.3 Å². The molecule has 0 saturated carbocycles. The van der Waals surface area contributed by atoms with Crippen LogP contribution in [0.3, 0.4) is 0 Å². The number of hydrogen-bond acceptors (Lipinski definition) is 5. The van der Waals surface area contributed by atoms with E-state index in [9.17, 15) is 9.18 Å². The minimum atomic E-state index is -0.322. The summed E-state index contributed by atoms with van der Waals surface area (Å²) in [5, 5.41) is 13.9. The van der Waals surface area contributed by atoms with Crippen LogP contribution in [0.15, 0.2) is 66.0 Å². The number of nitrogens with one attached hydrogen (secondary N) is 1. The zero-order valence-corrected chi connectivity index (χ0v) is 17.7. The van der Waals surface area contributed by atoms with Gasteiger partial charge < -0.3 is 4.98 Å². The standard InChI is InChI=1S/C24H18FN7O/c1-14-2-7-20-18(10-14)16(11-26-20)8-9-31-13-27-23-21(24(31)33)29-30-22-19(12-28-32(22)23)15-3-5-17(25)6-4-15/h2-7,10-13,26H,8-9H2,1H3. The second-order valence-corrected chi connectivity index (χ2v) is 8.03. The number of H-pyrrole nitrogens is 1. The molecule has 4 heterocycles. The number of hydrogen-bond donors (Lipinski definition) is 1. The Hall–Kier alpha value is -4.40. The van der Waals surface area contributed by atoms with Crippen molar-refractivity contribution in [3.8, 4) is 11.1 Å². The Kier molecular flexibility index (Phi) is 4.29. The first kappa shape index (κ1) is 19.3. The first-order valence-corrected chi connectivity index (χ1v) is 10.5. The lowest BCUT2D eigenvalue weighted by Gasteiger charge is -2.07. The van der Waals surface area contributed by atoms with Crippen LogP contribution in [0.25, 0.3) is 38.8 Å². The lowest BCUT2D eigenvalue weighted by Crippen LogP contribution is -2.23. The number of aryl methyl sites for hydroxylation is 3. The van der Waals surface area contributed by atoms with E-state index in [2.05, 4.69) is 50.4 Å². The maximum atomic E-state index is 13.3. The molecule has 162 valence electrons. The van der Waals surface area contributed by atoms with E-state index in [-0.39, 0.29) is 16.9 Å². The molecule has 0 fully saturated rings. The van der Waals surface area contributed by atoms with Gasteiger partial charge in [0, 0.05) is 29.2 Å². The van der Waals surface area contributed by atoms with Gasteiger partial charge in [-0.1, -0.05) is 23.8 Å². The summed E-state index contributed by atoms with van der Waals surface area (Å²) in [5.41, 5.74) is 5.49.